The van der Waals surface area contributed by atoms with Crippen molar-refractivity contribution in [3.8, 4) is 0 Å². The maximum atomic E-state index is 9.84. The van der Waals surface area contributed by atoms with Gasteiger partial charge in [-0.1, -0.05) is 6.08 Å². The summed E-state index contributed by atoms with van der Waals surface area (Å²) in [6.07, 6.45) is -0.248. The molecule has 0 aromatic carbocycles. The fraction of sp³-hybridized carbons (Fsp3) is 0.500. The van der Waals surface area contributed by atoms with Crippen LogP contribution in [0.15, 0.2) is 12.7 Å². The SMILES string of the molecule is C=CC(O)CS(=O)(=O)[O-].[Na+]. The molecule has 0 bridgehead atoms. The van der Waals surface area contributed by atoms with E-state index in [1.54, 1.807) is 0 Å². The van der Waals surface area contributed by atoms with E-state index in [0.717, 1.165) is 6.08 Å². The van der Waals surface area contributed by atoms with Crippen molar-refractivity contribution in [2.75, 3.05) is 5.75 Å². The molecule has 0 fully saturated rings. The predicted octanol–water partition coefficient (Wildman–Crippen LogP) is -3.92. The Balaban J connectivity index is 0. The smallest absolute Gasteiger partial charge is 0.748 e. The van der Waals surface area contributed by atoms with E-state index >= 15 is 0 Å². The van der Waals surface area contributed by atoms with Gasteiger partial charge >= 0.3 is 29.6 Å². The van der Waals surface area contributed by atoms with Gasteiger partial charge in [-0.25, -0.2) is 8.42 Å². The number of hydrogen-bond acceptors (Lipinski definition) is 4. The zero-order valence-electron chi connectivity index (χ0n) is 5.65. The molecule has 54 valence electrons. The van der Waals surface area contributed by atoms with Crippen molar-refractivity contribution >= 4 is 10.1 Å². The molecule has 4 nitrogen and oxygen atoms in total. The van der Waals surface area contributed by atoms with Crippen molar-refractivity contribution in [3.05, 3.63) is 12.7 Å². The van der Waals surface area contributed by atoms with Crippen molar-refractivity contribution in [1.29, 1.82) is 0 Å². The molecule has 0 aromatic heterocycles. The first-order chi connectivity index (χ1) is 3.95. The largest absolute Gasteiger partial charge is 1.00 e. The van der Waals surface area contributed by atoms with Gasteiger partial charge in [0.05, 0.1) is 22.0 Å². The van der Waals surface area contributed by atoms with Crippen molar-refractivity contribution in [3.63, 3.8) is 0 Å². The standard InChI is InChI=1S/C4H8O4S.Na/c1-2-4(5)3-9(6,7)8;/h2,4-5H,1,3H2,(H,6,7,8);/q;+1/p-1. The first-order valence-corrected chi connectivity index (χ1v) is 3.77. The molecule has 1 N–H and O–H groups in total. The molecule has 0 radical (unpaired) electrons. The molecule has 0 spiro atoms. The summed E-state index contributed by atoms with van der Waals surface area (Å²) in [4.78, 5) is 0. The first-order valence-electron chi connectivity index (χ1n) is 2.20. The molecule has 1 unspecified atom stereocenters. The first kappa shape index (κ1) is 13.2. The Kier molecular flexibility index (Phi) is 6.99. The second-order valence-electron chi connectivity index (χ2n) is 1.53. The van der Waals surface area contributed by atoms with E-state index < -0.39 is 22.0 Å². The topological polar surface area (TPSA) is 77.4 Å². The molecule has 6 heteroatoms. The summed E-state index contributed by atoms with van der Waals surface area (Å²) >= 11 is 0. The molecule has 0 aliphatic heterocycles. The fourth-order valence-electron chi connectivity index (χ4n) is 0.277. The average molecular weight is 174 g/mol. The van der Waals surface area contributed by atoms with Gasteiger partial charge in [-0.05, 0) is 0 Å². The Morgan fingerprint density at radius 3 is 2.20 bits per heavy atom. The Labute approximate surface area is 82.0 Å². The second-order valence-corrected chi connectivity index (χ2v) is 2.98. The van der Waals surface area contributed by atoms with Gasteiger partial charge in [0.25, 0.3) is 0 Å². The minimum atomic E-state index is -4.31. The van der Waals surface area contributed by atoms with Gasteiger partial charge in [0.1, 0.15) is 0 Å². The van der Waals surface area contributed by atoms with Crippen LogP contribution >= 0.6 is 0 Å². The van der Waals surface area contributed by atoms with Crippen LogP contribution in [0.5, 0.6) is 0 Å². The Morgan fingerprint density at radius 1 is 1.70 bits per heavy atom. The van der Waals surface area contributed by atoms with E-state index in [1.807, 2.05) is 0 Å². The normalized spacial score (nSPS) is 13.4. The van der Waals surface area contributed by atoms with Crippen molar-refractivity contribution in [2.24, 2.45) is 0 Å². The number of aliphatic hydroxyl groups excluding tert-OH is 1. The molecule has 0 aromatic rings. The fourth-order valence-corrected chi connectivity index (χ4v) is 0.832. The third-order valence-corrected chi connectivity index (χ3v) is 1.40. The van der Waals surface area contributed by atoms with Crippen molar-refractivity contribution < 1.29 is 47.6 Å². The van der Waals surface area contributed by atoms with Crippen LogP contribution in [0.4, 0.5) is 0 Å². The Bertz CT molecular complexity index is 185. The van der Waals surface area contributed by atoms with E-state index in [1.165, 1.54) is 0 Å². The van der Waals surface area contributed by atoms with Gasteiger partial charge < -0.3 is 9.66 Å². The third kappa shape index (κ3) is 8.61. The molecule has 0 amide bonds. The van der Waals surface area contributed by atoms with Gasteiger partial charge in [-0.3, -0.25) is 0 Å². The van der Waals surface area contributed by atoms with Gasteiger partial charge in [0.15, 0.2) is 0 Å². The second kappa shape index (κ2) is 5.29. The van der Waals surface area contributed by atoms with Crippen LogP contribution in [-0.2, 0) is 10.1 Å². The Morgan fingerprint density at radius 2 is 2.10 bits per heavy atom. The molecule has 0 saturated carbocycles. The van der Waals surface area contributed by atoms with Crippen molar-refractivity contribution in [1.82, 2.24) is 0 Å². The molecule has 0 saturated heterocycles. The summed E-state index contributed by atoms with van der Waals surface area (Å²) in [6.45, 7) is 3.09. The van der Waals surface area contributed by atoms with Crippen LogP contribution in [0.3, 0.4) is 0 Å². The zero-order chi connectivity index (χ0) is 7.49. The van der Waals surface area contributed by atoms with E-state index in [2.05, 4.69) is 6.58 Å². The maximum absolute atomic E-state index is 9.84. The van der Waals surface area contributed by atoms with E-state index in [4.69, 9.17) is 5.11 Å². The van der Waals surface area contributed by atoms with E-state index in [9.17, 15) is 13.0 Å². The summed E-state index contributed by atoms with van der Waals surface area (Å²) < 4.78 is 29.5. The molecule has 10 heavy (non-hydrogen) atoms. The van der Waals surface area contributed by atoms with Crippen LogP contribution in [0.1, 0.15) is 0 Å². The monoisotopic (exact) mass is 174 g/mol. The number of aliphatic hydroxyl groups is 1. The van der Waals surface area contributed by atoms with E-state index in [0.29, 0.717) is 0 Å². The van der Waals surface area contributed by atoms with Crippen LogP contribution in [0.2, 0.25) is 0 Å². The number of rotatable bonds is 3. The molecule has 0 aliphatic rings. The molecule has 0 heterocycles. The van der Waals surface area contributed by atoms with Gasteiger partial charge in [0, 0.05) is 0 Å². The van der Waals surface area contributed by atoms with Crippen LogP contribution in [0, 0.1) is 0 Å². The quantitative estimate of drug-likeness (QED) is 0.269. The summed E-state index contributed by atoms with van der Waals surface area (Å²) in [5, 5.41) is 8.50. The zero-order valence-corrected chi connectivity index (χ0v) is 8.47. The molecular formula is C4H7NaO4S. The molecule has 1 atom stereocenters. The Hall–Kier alpha value is 0.610. The van der Waals surface area contributed by atoms with Gasteiger partial charge in [-0.15, -0.1) is 6.58 Å². The van der Waals surface area contributed by atoms with E-state index in [-0.39, 0.29) is 29.6 Å². The molecule has 0 rings (SSSR count). The molecular weight excluding hydrogens is 167 g/mol. The third-order valence-electron chi connectivity index (χ3n) is 0.647. The number of hydrogen-bond donors (Lipinski definition) is 1. The van der Waals surface area contributed by atoms with Gasteiger partial charge in [0.2, 0.25) is 0 Å². The van der Waals surface area contributed by atoms with Crippen LogP contribution < -0.4 is 29.6 Å². The predicted molar refractivity (Wildman–Crippen MR) is 30.8 cm³/mol. The van der Waals surface area contributed by atoms with Crippen molar-refractivity contribution in [2.45, 2.75) is 6.10 Å². The summed E-state index contributed by atoms with van der Waals surface area (Å²) in [5.41, 5.74) is 0. The van der Waals surface area contributed by atoms with Crippen LogP contribution in [0.25, 0.3) is 0 Å². The minimum Gasteiger partial charge on any atom is -0.748 e. The minimum absolute atomic E-state index is 0. The van der Waals surface area contributed by atoms with Crippen LogP contribution in [-0.4, -0.2) is 29.9 Å². The summed E-state index contributed by atoms with van der Waals surface area (Å²) in [7, 11) is -4.31. The van der Waals surface area contributed by atoms with Gasteiger partial charge in [-0.2, -0.15) is 0 Å². The summed E-state index contributed by atoms with van der Waals surface area (Å²) in [6, 6.07) is 0. The summed E-state index contributed by atoms with van der Waals surface area (Å²) in [5.74, 6) is -0.795. The maximum Gasteiger partial charge on any atom is 1.00 e. The molecule has 0 aliphatic carbocycles. The average Bonchev–Trinajstić information content (AvgIpc) is 1.62.